The van der Waals surface area contributed by atoms with Gasteiger partial charge in [-0.05, 0) is 43.2 Å². The summed E-state index contributed by atoms with van der Waals surface area (Å²) in [5, 5.41) is 6.11. The van der Waals surface area contributed by atoms with Crippen molar-refractivity contribution >= 4 is 23.6 Å². The molecule has 2 aromatic carbocycles. The number of aryl methyl sites for hydroxylation is 1. The Morgan fingerprint density at radius 2 is 1.83 bits per heavy atom. The number of nitrogens with one attached hydrogen (secondary N) is 2. The van der Waals surface area contributed by atoms with Gasteiger partial charge in [0.05, 0.1) is 12.0 Å². The summed E-state index contributed by atoms with van der Waals surface area (Å²) in [6.07, 6.45) is 0. The molecule has 0 radical (unpaired) electrons. The molecule has 0 fully saturated rings. The molecule has 5 heteroatoms. The summed E-state index contributed by atoms with van der Waals surface area (Å²) in [5.74, 6) is 1.06. The Hall–Kier alpha value is -2.14. The van der Waals surface area contributed by atoms with Gasteiger partial charge in [-0.3, -0.25) is 4.79 Å². The van der Waals surface area contributed by atoms with Crippen molar-refractivity contribution < 1.29 is 8.98 Å². The molecule has 2 N–H and O–H groups in total. The molecule has 0 heterocycles. The fourth-order valence-electron chi connectivity index (χ4n) is 1.98. The van der Waals surface area contributed by atoms with E-state index in [2.05, 4.69) is 10.6 Å². The topological polar surface area (TPSA) is 50.4 Å². The Kier molecular flexibility index (Phi) is 6.81. The molecule has 1 amide bonds. The van der Waals surface area contributed by atoms with Crippen molar-refractivity contribution in [2.24, 2.45) is 0 Å². The first-order chi connectivity index (χ1) is 11.2. The second kappa shape index (κ2) is 9.10. The molecule has 0 spiro atoms. The van der Waals surface area contributed by atoms with E-state index in [0.717, 1.165) is 29.0 Å². The highest BCUT2D eigenvalue weighted by molar-refractivity contribution is 7.95. The van der Waals surface area contributed by atoms with Crippen molar-refractivity contribution in [2.45, 2.75) is 13.8 Å². The third kappa shape index (κ3) is 5.87. The number of hydrogen-bond acceptors (Lipinski definition) is 4. The van der Waals surface area contributed by atoms with Crippen LogP contribution < -0.4 is 14.8 Å². The summed E-state index contributed by atoms with van der Waals surface area (Å²) in [5.41, 5.74) is 3.33. The molecule has 0 aliphatic carbocycles. The van der Waals surface area contributed by atoms with Gasteiger partial charge in [0.25, 0.3) is 0 Å². The van der Waals surface area contributed by atoms with Gasteiger partial charge in [0.2, 0.25) is 5.91 Å². The molecule has 0 aliphatic rings. The van der Waals surface area contributed by atoms with Crippen molar-refractivity contribution in [1.82, 2.24) is 5.32 Å². The van der Waals surface area contributed by atoms with E-state index >= 15 is 0 Å². The van der Waals surface area contributed by atoms with E-state index in [0.29, 0.717) is 13.1 Å². The zero-order chi connectivity index (χ0) is 16.5. The maximum absolute atomic E-state index is 11.8. The minimum atomic E-state index is -0.0323. The normalized spacial score (nSPS) is 10.2. The minimum Gasteiger partial charge on any atom is -0.425 e. The molecule has 122 valence electrons. The van der Waals surface area contributed by atoms with Crippen molar-refractivity contribution in [3.63, 3.8) is 0 Å². The van der Waals surface area contributed by atoms with E-state index in [1.165, 1.54) is 5.56 Å². The zero-order valence-corrected chi connectivity index (χ0v) is 14.3. The molecule has 2 rings (SSSR count). The van der Waals surface area contributed by atoms with Crippen LogP contribution in [0, 0.1) is 13.8 Å². The summed E-state index contributed by atoms with van der Waals surface area (Å²) >= 11 is 1.16. The van der Waals surface area contributed by atoms with Crippen molar-refractivity contribution in [2.75, 3.05) is 24.2 Å². The largest absolute Gasteiger partial charge is 0.425 e. The summed E-state index contributed by atoms with van der Waals surface area (Å²) in [4.78, 5) is 11.8. The van der Waals surface area contributed by atoms with Crippen molar-refractivity contribution in [3.8, 4) is 5.75 Å². The van der Waals surface area contributed by atoms with Gasteiger partial charge in [0, 0.05) is 18.8 Å². The second-order valence-electron chi connectivity index (χ2n) is 5.19. The molecule has 0 saturated heterocycles. The number of amides is 1. The molecule has 0 atom stereocenters. The lowest BCUT2D eigenvalue weighted by atomic mass is 10.1. The molecule has 4 nitrogen and oxygen atoms in total. The van der Waals surface area contributed by atoms with Gasteiger partial charge in [-0.1, -0.05) is 30.3 Å². The van der Waals surface area contributed by atoms with E-state index in [9.17, 15) is 4.79 Å². The van der Waals surface area contributed by atoms with Crippen LogP contribution in [0.2, 0.25) is 0 Å². The Bertz CT molecular complexity index is 632. The number of para-hydroxylation sites is 1. The summed E-state index contributed by atoms with van der Waals surface area (Å²) < 4.78 is 5.60. The van der Waals surface area contributed by atoms with E-state index in [1.807, 2.05) is 62.4 Å². The van der Waals surface area contributed by atoms with Gasteiger partial charge in [0.1, 0.15) is 11.5 Å². The SMILES string of the molecule is Cc1cccc(OSCC(=O)NCCNc2ccccc2)c1C. The average Bonchev–Trinajstić information content (AvgIpc) is 2.56. The first-order valence-corrected chi connectivity index (χ1v) is 8.49. The number of carbonyl (C=O) groups is 1. The molecule has 0 saturated carbocycles. The maximum atomic E-state index is 11.8. The van der Waals surface area contributed by atoms with Gasteiger partial charge < -0.3 is 14.8 Å². The van der Waals surface area contributed by atoms with Crippen molar-refractivity contribution in [1.29, 1.82) is 0 Å². The third-order valence-electron chi connectivity index (χ3n) is 3.44. The van der Waals surface area contributed by atoms with Crippen LogP contribution >= 0.6 is 12.0 Å². The highest BCUT2D eigenvalue weighted by Gasteiger charge is 2.05. The molecule has 0 aliphatic heterocycles. The van der Waals surface area contributed by atoms with Crippen LogP contribution in [0.5, 0.6) is 5.75 Å². The first-order valence-electron chi connectivity index (χ1n) is 7.58. The van der Waals surface area contributed by atoms with Crippen LogP contribution in [0.15, 0.2) is 48.5 Å². The van der Waals surface area contributed by atoms with Crippen LogP contribution in [0.3, 0.4) is 0 Å². The molecule has 23 heavy (non-hydrogen) atoms. The van der Waals surface area contributed by atoms with Gasteiger partial charge >= 0.3 is 0 Å². The lowest BCUT2D eigenvalue weighted by molar-refractivity contribution is -0.118. The summed E-state index contributed by atoms with van der Waals surface area (Å²) in [7, 11) is 0. The van der Waals surface area contributed by atoms with Gasteiger partial charge in [-0.2, -0.15) is 0 Å². The predicted molar refractivity (Wildman–Crippen MR) is 96.9 cm³/mol. The lowest BCUT2D eigenvalue weighted by Gasteiger charge is -2.10. The first kappa shape index (κ1) is 17.2. The maximum Gasteiger partial charge on any atom is 0.233 e. The molecule has 2 aromatic rings. The zero-order valence-electron chi connectivity index (χ0n) is 13.5. The Morgan fingerprint density at radius 1 is 1.04 bits per heavy atom. The van der Waals surface area contributed by atoms with E-state index < -0.39 is 0 Å². The molecule has 0 aromatic heterocycles. The summed E-state index contributed by atoms with van der Waals surface area (Å²) in [6.45, 7) is 5.33. The van der Waals surface area contributed by atoms with E-state index in [-0.39, 0.29) is 11.7 Å². The van der Waals surface area contributed by atoms with Crippen LogP contribution in [0.1, 0.15) is 11.1 Å². The average molecular weight is 330 g/mol. The number of carbonyl (C=O) groups excluding carboxylic acids is 1. The van der Waals surface area contributed by atoms with Crippen LogP contribution in [0.25, 0.3) is 0 Å². The van der Waals surface area contributed by atoms with Crippen LogP contribution in [-0.4, -0.2) is 24.7 Å². The highest BCUT2D eigenvalue weighted by atomic mass is 32.2. The Balaban J connectivity index is 1.61. The molecule has 0 bridgehead atoms. The van der Waals surface area contributed by atoms with Gasteiger partial charge in [-0.25, -0.2) is 0 Å². The predicted octanol–water partition coefficient (Wildman–Crippen LogP) is 3.56. The van der Waals surface area contributed by atoms with Gasteiger partial charge in [-0.15, -0.1) is 0 Å². The second-order valence-corrected chi connectivity index (χ2v) is 5.88. The number of hydrogen-bond donors (Lipinski definition) is 2. The standard InChI is InChI=1S/C18H22N2O2S/c1-14-7-6-10-17(15(14)2)22-23-13-18(21)20-12-11-19-16-8-4-3-5-9-16/h3-10,19H,11-13H2,1-2H3,(H,20,21). The fourth-order valence-corrected chi connectivity index (χ4v) is 2.55. The van der Waals surface area contributed by atoms with Crippen LogP contribution in [-0.2, 0) is 4.79 Å². The Labute approximate surface area is 141 Å². The number of anilines is 1. The van der Waals surface area contributed by atoms with E-state index in [1.54, 1.807) is 0 Å². The number of rotatable bonds is 8. The van der Waals surface area contributed by atoms with Crippen molar-refractivity contribution in [3.05, 3.63) is 59.7 Å². The lowest BCUT2D eigenvalue weighted by Crippen LogP contribution is -2.30. The smallest absolute Gasteiger partial charge is 0.233 e. The highest BCUT2D eigenvalue weighted by Crippen LogP contribution is 2.23. The van der Waals surface area contributed by atoms with Crippen LogP contribution in [0.4, 0.5) is 5.69 Å². The van der Waals surface area contributed by atoms with Gasteiger partial charge in [0.15, 0.2) is 0 Å². The fraction of sp³-hybridized carbons (Fsp3) is 0.278. The molecular weight excluding hydrogens is 308 g/mol. The number of benzene rings is 2. The quantitative estimate of drug-likeness (QED) is 0.574. The molecule has 0 unspecified atom stereocenters. The minimum absolute atomic E-state index is 0.0323. The molecular formula is C18H22N2O2S. The Morgan fingerprint density at radius 3 is 2.61 bits per heavy atom. The summed E-state index contributed by atoms with van der Waals surface area (Å²) in [6, 6.07) is 15.8. The third-order valence-corrected chi connectivity index (χ3v) is 4.12. The monoisotopic (exact) mass is 330 g/mol. The van der Waals surface area contributed by atoms with E-state index in [4.69, 9.17) is 4.18 Å².